The van der Waals surface area contributed by atoms with Crippen molar-refractivity contribution >= 4 is 26.8 Å². The molecule has 0 heterocycles. The molecule has 1 atom stereocenters. The van der Waals surface area contributed by atoms with Gasteiger partial charge in [-0.1, -0.05) is 80.7 Å². The van der Waals surface area contributed by atoms with Gasteiger partial charge in [0.05, 0.1) is 4.92 Å². The lowest BCUT2D eigenvalue weighted by Gasteiger charge is -2.11. The van der Waals surface area contributed by atoms with E-state index in [9.17, 15) is 10.1 Å². The lowest BCUT2D eigenvalue weighted by Crippen LogP contribution is -2.00. The van der Waals surface area contributed by atoms with Gasteiger partial charge in [0, 0.05) is 12.1 Å². The predicted octanol–water partition coefficient (Wildman–Crippen LogP) is 4.37. The summed E-state index contributed by atoms with van der Waals surface area (Å²) >= 11 is 0. The summed E-state index contributed by atoms with van der Waals surface area (Å²) in [4.78, 5) is 10.2. The molecule has 0 N–H and O–H groups in total. The summed E-state index contributed by atoms with van der Waals surface area (Å²) in [5, 5.41) is 12.0. The number of rotatable bonds is 4. The van der Waals surface area contributed by atoms with Crippen molar-refractivity contribution in [2.45, 2.75) is 5.82 Å². The third kappa shape index (κ3) is 5.82. The predicted molar refractivity (Wildman–Crippen MR) is 115 cm³/mol. The molecule has 0 spiro atoms. The van der Waals surface area contributed by atoms with Crippen molar-refractivity contribution in [2.75, 3.05) is 13.3 Å². The van der Waals surface area contributed by atoms with E-state index in [0.29, 0.717) is 0 Å². The largest absolute Gasteiger partial charge is 0.269 e. The molecule has 0 aromatic heterocycles. The first-order valence-corrected chi connectivity index (χ1v) is 10.7. The minimum Gasteiger partial charge on any atom is -0.258 e. The number of nitro benzene ring substituents is 1. The molecule has 0 amide bonds. The van der Waals surface area contributed by atoms with Crippen LogP contribution in [-0.2, 0) is 0 Å². The standard InChI is InChI=1S/C13H12BNO2.C8H11P/c14-13(10-4-2-1-3-5-10)11-6-8-12(9-7-11)15(16)17;1-9(2)8-6-4-3-5-7-8/h1-9,13H,14H2;3-7H,1-2H3. The second-order valence-corrected chi connectivity index (χ2v) is 8.52. The molecule has 3 nitrogen and oxygen atoms in total. The van der Waals surface area contributed by atoms with E-state index in [1.54, 1.807) is 12.1 Å². The van der Waals surface area contributed by atoms with Crippen LogP contribution in [0.1, 0.15) is 16.9 Å². The Kier molecular flexibility index (Phi) is 7.56. The highest BCUT2D eigenvalue weighted by molar-refractivity contribution is 7.64. The maximum atomic E-state index is 10.6. The molecule has 0 radical (unpaired) electrons. The van der Waals surface area contributed by atoms with E-state index >= 15 is 0 Å². The minimum atomic E-state index is -0.378. The molecular weight excluding hydrogens is 340 g/mol. The fourth-order valence-electron chi connectivity index (χ4n) is 2.55. The highest BCUT2D eigenvalue weighted by Gasteiger charge is 2.10. The molecule has 3 rings (SSSR count). The zero-order valence-electron chi connectivity index (χ0n) is 15.4. The van der Waals surface area contributed by atoms with Crippen molar-refractivity contribution in [3.63, 3.8) is 0 Å². The number of hydrogen-bond donors (Lipinski definition) is 0. The van der Waals surface area contributed by atoms with Gasteiger partial charge >= 0.3 is 0 Å². The van der Waals surface area contributed by atoms with Gasteiger partial charge in [0.1, 0.15) is 7.85 Å². The minimum absolute atomic E-state index is 0.104. The molecular formula is C21H23BNO2P. The van der Waals surface area contributed by atoms with Crippen LogP contribution in [0.2, 0.25) is 0 Å². The van der Waals surface area contributed by atoms with E-state index in [1.807, 2.05) is 30.3 Å². The number of nitrogens with zero attached hydrogens (tertiary/aromatic N) is 1. The Labute approximate surface area is 157 Å². The fourth-order valence-corrected chi connectivity index (χ4v) is 3.31. The summed E-state index contributed by atoms with van der Waals surface area (Å²) in [6.07, 6.45) is 0. The van der Waals surface area contributed by atoms with Crippen molar-refractivity contribution < 1.29 is 4.92 Å². The molecule has 0 saturated heterocycles. The van der Waals surface area contributed by atoms with E-state index < -0.39 is 0 Å². The summed E-state index contributed by atoms with van der Waals surface area (Å²) < 4.78 is 0. The lowest BCUT2D eigenvalue weighted by molar-refractivity contribution is -0.384. The van der Waals surface area contributed by atoms with Crippen LogP contribution in [0.5, 0.6) is 0 Å². The van der Waals surface area contributed by atoms with Crippen molar-refractivity contribution in [1.29, 1.82) is 0 Å². The zero-order chi connectivity index (χ0) is 18.9. The number of non-ortho nitro benzene ring substituents is 1. The third-order valence-electron chi connectivity index (χ3n) is 4.18. The van der Waals surface area contributed by atoms with Gasteiger partial charge in [0.25, 0.3) is 5.69 Å². The van der Waals surface area contributed by atoms with Crippen molar-refractivity contribution in [1.82, 2.24) is 0 Å². The Bertz CT molecular complexity index is 808. The van der Waals surface area contributed by atoms with Crippen LogP contribution in [0.15, 0.2) is 84.9 Å². The molecule has 0 bridgehead atoms. The van der Waals surface area contributed by atoms with Crippen LogP contribution in [0.4, 0.5) is 5.69 Å². The van der Waals surface area contributed by atoms with Crippen molar-refractivity contribution in [2.24, 2.45) is 0 Å². The van der Waals surface area contributed by atoms with Gasteiger partial charge in [-0.2, -0.15) is 0 Å². The third-order valence-corrected chi connectivity index (χ3v) is 5.51. The van der Waals surface area contributed by atoms with Crippen LogP contribution in [0.25, 0.3) is 0 Å². The van der Waals surface area contributed by atoms with Crippen LogP contribution >= 0.6 is 7.92 Å². The highest BCUT2D eigenvalue weighted by atomic mass is 31.1. The van der Waals surface area contributed by atoms with Gasteiger partial charge in [-0.05, 0) is 35.6 Å². The van der Waals surface area contributed by atoms with Crippen LogP contribution < -0.4 is 5.30 Å². The molecule has 0 fully saturated rings. The number of nitro groups is 1. The van der Waals surface area contributed by atoms with E-state index in [0.717, 1.165) is 5.56 Å². The van der Waals surface area contributed by atoms with E-state index in [1.165, 1.54) is 10.9 Å². The Hall–Kier alpha value is -2.45. The molecule has 0 saturated carbocycles. The zero-order valence-corrected chi connectivity index (χ0v) is 16.3. The summed E-state index contributed by atoms with van der Waals surface area (Å²) in [6, 6.07) is 27.4. The van der Waals surface area contributed by atoms with E-state index in [2.05, 4.69) is 63.6 Å². The molecule has 0 aliphatic carbocycles. The molecule has 1 unspecified atom stereocenters. The normalized spacial score (nSPS) is 11.3. The summed E-state index contributed by atoms with van der Waals surface area (Å²) in [7, 11) is 2.20. The van der Waals surface area contributed by atoms with Gasteiger partial charge in [-0.25, -0.2) is 0 Å². The Balaban J connectivity index is 0.000000228. The topological polar surface area (TPSA) is 43.1 Å². The lowest BCUT2D eigenvalue weighted by atomic mass is 9.76. The fraction of sp³-hybridized carbons (Fsp3) is 0.143. The average Bonchev–Trinajstić information content (AvgIpc) is 2.69. The van der Waals surface area contributed by atoms with Crippen LogP contribution in [0, 0.1) is 10.1 Å². The number of hydrogen-bond acceptors (Lipinski definition) is 2. The molecule has 0 aliphatic heterocycles. The molecule has 132 valence electrons. The molecule has 26 heavy (non-hydrogen) atoms. The van der Waals surface area contributed by atoms with Gasteiger partial charge in [-0.15, -0.1) is 0 Å². The second-order valence-electron chi connectivity index (χ2n) is 6.21. The summed E-state index contributed by atoms with van der Waals surface area (Å²) in [5.41, 5.74) is 2.43. The first kappa shape index (κ1) is 19.9. The average molecular weight is 363 g/mol. The molecule has 3 aromatic rings. The second kappa shape index (κ2) is 9.89. The SMILES string of the molecule is BC(c1ccccc1)c1ccc([N+](=O)[O-])cc1.CP(C)c1ccccc1. The van der Waals surface area contributed by atoms with Gasteiger partial charge in [0.2, 0.25) is 0 Å². The molecule has 3 aromatic carbocycles. The Morgan fingerprint density at radius 3 is 1.69 bits per heavy atom. The van der Waals surface area contributed by atoms with Crippen LogP contribution in [0.3, 0.4) is 0 Å². The Morgan fingerprint density at radius 1 is 0.808 bits per heavy atom. The van der Waals surface area contributed by atoms with E-state index in [4.69, 9.17) is 0 Å². The monoisotopic (exact) mass is 363 g/mol. The summed E-state index contributed by atoms with van der Waals surface area (Å²) in [6.45, 7) is 4.54. The van der Waals surface area contributed by atoms with Gasteiger partial charge in [-0.3, -0.25) is 10.1 Å². The van der Waals surface area contributed by atoms with Crippen molar-refractivity contribution in [3.05, 3.63) is 106 Å². The Morgan fingerprint density at radius 2 is 1.27 bits per heavy atom. The van der Waals surface area contributed by atoms with Crippen LogP contribution in [-0.4, -0.2) is 26.1 Å². The molecule has 5 heteroatoms. The van der Waals surface area contributed by atoms with Gasteiger partial charge < -0.3 is 0 Å². The maximum absolute atomic E-state index is 10.6. The maximum Gasteiger partial charge on any atom is 0.269 e. The highest BCUT2D eigenvalue weighted by Crippen LogP contribution is 2.23. The van der Waals surface area contributed by atoms with E-state index in [-0.39, 0.29) is 24.3 Å². The number of benzene rings is 3. The molecule has 0 aliphatic rings. The smallest absolute Gasteiger partial charge is 0.258 e. The van der Waals surface area contributed by atoms with Crippen molar-refractivity contribution in [3.8, 4) is 0 Å². The summed E-state index contributed by atoms with van der Waals surface area (Å²) in [5.74, 6) is 0.247. The van der Waals surface area contributed by atoms with Gasteiger partial charge in [0.15, 0.2) is 0 Å². The first-order valence-electron chi connectivity index (χ1n) is 8.50. The first-order chi connectivity index (χ1) is 12.5. The quantitative estimate of drug-likeness (QED) is 0.299.